The Morgan fingerprint density at radius 3 is 2.57 bits per heavy atom. The number of benzene rings is 1. The van der Waals surface area contributed by atoms with Crippen molar-refractivity contribution in [1.29, 1.82) is 0 Å². The van der Waals surface area contributed by atoms with Gasteiger partial charge in [0.2, 0.25) is 0 Å². The van der Waals surface area contributed by atoms with Crippen LogP contribution in [0.4, 0.5) is 0 Å². The highest BCUT2D eigenvalue weighted by Crippen LogP contribution is 2.18. The summed E-state index contributed by atoms with van der Waals surface area (Å²) in [5.41, 5.74) is 1.29. The van der Waals surface area contributed by atoms with Crippen LogP contribution in [0.25, 0.3) is 0 Å². The van der Waals surface area contributed by atoms with Gasteiger partial charge in [-0.1, -0.05) is 31.5 Å². The summed E-state index contributed by atoms with van der Waals surface area (Å²) >= 11 is 0. The molecule has 23 heavy (non-hydrogen) atoms. The van der Waals surface area contributed by atoms with Crippen molar-refractivity contribution >= 4 is 5.91 Å². The monoisotopic (exact) mass is 318 g/mol. The van der Waals surface area contributed by atoms with E-state index >= 15 is 0 Å². The van der Waals surface area contributed by atoms with E-state index in [2.05, 4.69) is 4.90 Å². The molecule has 4 heteroatoms. The molecule has 2 rings (SSSR count). The number of aryl methyl sites for hydroxylation is 1. The van der Waals surface area contributed by atoms with Crippen molar-refractivity contribution in [2.75, 3.05) is 32.7 Å². The molecule has 0 spiro atoms. The number of rotatable bonds is 5. The molecule has 128 valence electrons. The summed E-state index contributed by atoms with van der Waals surface area (Å²) < 4.78 is 0. The van der Waals surface area contributed by atoms with Crippen molar-refractivity contribution in [1.82, 2.24) is 9.80 Å². The van der Waals surface area contributed by atoms with Crippen molar-refractivity contribution < 1.29 is 9.90 Å². The minimum absolute atomic E-state index is 0.122. The molecule has 1 heterocycles. The van der Waals surface area contributed by atoms with Crippen LogP contribution in [-0.2, 0) is 0 Å². The van der Waals surface area contributed by atoms with Gasteiger partial charge < -0.3 is 10.0 Å². The summed E-state index contributed by atoms with van der Waals surface area (Å²) in [5.74, 6) is 0.122. The Balaban J connectivity index is 1.97. The lowest BCUT2D eigenvalue weighted by Gasteiger charge is -2.32. The molecular formula is C19H30N2O2. The van der Waals surface area contributed by atoms with Gasteiger partial charge in [0.05, 0.1) is 5.60 Å². The maximum absolute atomic E-state index is 12.7. The van der Waals surface area contributed by atoms with Gasteiger partial charge in [0, 0.05) is 38.3 Å². The zero-order chi connectivity index (χ0) is 16.9. The van der Waals surface area contributed by atoms with Crippen molar-refractivity contribution in [3.05, 3.63) is 35.4 Å². The molecule has 1 fully saturated rings. The second-order valence-corrected chi connectivity index (χ2v) is 6.72. The smallest absolute Gasteiger partial charge is 0.253 e. The van der Waals surface area contributed by atoms with Crippen molar-refractivity contribution in [3.8, 4) is 0 Å². The van der Waals surface area contributed by atoms with E-state index in [1.165, 1.54) is 0 Å². The number of hydrogen-bond acceptors (Lipinski definition) is 3. The molecule has 0 aliphatic carbocycles. The standard InChI is InChI=1S/C19H30N2O2/c1-4-19(23,5-2)15-20-10-7-11-21(13-12-20)18(22)17-9-6-8-16(3)14-17/h6,8-9,14,23H,4-5,7,10-13,15H2,1-3H3. The maximum Gasteiger partial charge on any atom is 0.253 e. The lowest BCUT2D eigenvalue weighted by Crippen LogP contribution is -2.44. The lowest BCUT2D eigenvalue weighted by atomic mass is 9.97. The molecule has 1 N–H and O–H groups in total. The van der Waals surface area contributed by atoms with Crippen LogP contribution in [0.5, 0.6) is 0 Å². The maximum atomic E-state index is 12.7. The lowest BCUT2D eigenvalue weighted by molar-refractivity contribution is -0.00224. The number of nitrogens with zero attached hydrogens (tertiary/aromatic N) is 2. The normalized spacial score (nSPS) is 17.1. The van der Waals surface area contributed by atoms with E-state index < -0.39 is 5.60 Å². The summed E-state index contributed by atoms with van der Waals surface area (Å²) in [7, 11) is 0. The van der Waals surface area contributed by atoms with Gasteiger partial charge in [0.25, 0.3) is 5.91 Å². The molecule has 0 atom stereocenters. The number of β-amino-alcohol motifs (C(OH)–C–C–N with tert-alkyl or cyclic N) is 1. The molecule has 1 aliphatic heterocycles. The van der Waals surface area contributed by atoms with Gasteiger partial charge in [-0.05, 0) is 38.3 Å². The highest BCUT2D eigenvalue weighted by atomic mass is 16.3. The second kappa shape index (κ2) is 7.93. The molecule has 0 saturated carbocycles. The second-order valence-electron chi connectivity index (χ2n) is 6.72. The predicted molar refractivity (Wildman–Crippen MR) is 93.7 cm³/mol. The molecular weight excluding hydrogens is 288 g/mol. The molecule has 0 unspecified atom stereocenters. The van der Waals surface area contributed by atoms with Crippen LogP contribution in [0.2, 0.25) is 0 Å². The first kappa shape index (κ1) is 18.0. The van der Waals surface area contributed by atoms with Crippen LogP contribution >= 0.6 is 0 Å². The van der Waals surface area contributed by atoms with Gasteiger partial charge in [-0.25, -0.2) is 0 Å². The minimum Gasteiger partial charge on any atom is -0.389 e. The van der Waals surface area contributed by atoms with Crippen LogP contribution in [-0.4, -0.2) is 59.1 Å². The van der Waals surface area contributed by atoms with Crippen molar-refractivity contribution in [2.24, 2.45) is 0 Å². The first-order valence-corrected chi connectivity index (χ1v) is 8.78. The quantitative estimate of drug-likeness (QED) is 0.908. The van der Waals surface area contributed by atoms with Crippen molar-refractivity contribution in [2.45, 2.75) is 45.6 Å². The fraction of sp³-hybridized carbons (Fsp3) is 0.632. The molecule has 1 aromatic rings. The fourth-order valence-corrected chi connectivity index (χ4v) is 3.18. The molecule has 1 aromatic carbocycles. The zero-order valence-corrected chi connectivity index (χ0v) is 14.7. The first-order valence-electron chi connectivity index (χ1n) is 8.78. The first-order chi connectivity index (χ1) is 11.0. The van der Waals surface area contributed by atoms with E-state index in [4.69, 9.17) is 0 Å². The van der Waals surface area contributed by atoms with E-state index in [0.717, 1.165) is 56.6 Å². The Morgan fingerprint density at radius 2 is 1.91 bits per heavy atom. The molecule has 4 nitrogen and oxygen atoms in total. The number of carbonyl (C=O) groups is 1. The Labute approximate surface area is 140 Å². The molecule has 1 saturated heterocycles. The predicted octanol–water partition coefficient (Wildman–Crippen LogP) is 2.69. The highest BCUT2D eigenvalue weighted by Gasteiger charge is 2.27. The topological polar surface area (TPSA) is 43.8 Å². The van der Waals surface area contributed by atoms with Gasteiger partial charge in [-0.15, -0.1) is 0 Å². The van der Waals surface area contributed by atoms with Crippen LogP contribution in [0.1, 0.15) is 49.0 Å². The van der Waals surface area contributed by atoms with Crippen LogP contribution in [0.15, 0.2) is 24.3 Å². The van der Waals surface area contributed by atoms with Gasteiger partial charge in [-0.2, -0.15) is 0 Å². The Hall–Kier alpha value is -1.39. The molecule has 1 aliphatic rings. The number of hydrogen-bond donors (Lipinski definition) is 1. The SMILES string of the molecule is CCC(O)(CC)CN1CCCN(C(=O)c2cccc(C)c2)CC1. The van der Waals surface area contributed by atoms with Crippen LogP contribution in [0, 0.1) is 6.92 Å². The van der Waals surface area contributed by atoms with E-state index in [0.29, 0.717) is 6.54 Å². The summed E-state index contributed by atoms with van der Waals surface area (Å²) in [6, 6.07) is 7.80. The molecule has 0 aromatic heterocycles. The zero-order valence-electron chi connectivity index (χ0n) is 14.7. The third kappa shape index (κ3) is 4.79. The van der Waals surface area contributed by atoms with E-state index in [-0.39, 0.29) is 5.91 Å². The Morgan fingerprint density at radius 1 is 1.17 bits per heavy atom. The van der Waals surface area contributed by atoms with Gasteiger partial charge >= 0.3 is 0 Å². The van der Waals surface area contributed by atoms with Gasteiger partial charge in [0.15, 0.2) is 0 Å². The third-order valence-corrected chi connectivity index (χ3v) is 4.97. The fourth-order valence-electron chi connectivity index (χ4n) is 3.18. The van der Waals surface area contributed by atoms with Gasteiger partial charge in [0.1, 0.15) is 0 Å². The Kier molecular flexibility index (Phi) is 6.19. The highest BCUT2D eigenvalue weighted by molar-refractivity contribution is 5.94. The molecule has 0 radical (unpaired) electrons. The summed E-state index contributed by atoms with van der Waals surface area (Å²) in [4.78, 5) is 16.9. The molecule has 0 bridgehead atoms. The summed E-state index contributed by atoms with van der Waals surface area (Å²) in [5, 5.41) is 10.5. The summed E-state index contributed by atoms with van der Waals surface area (Å²) in [6.45, 7) is 10.1. The van der Waals surface area contributed by atoms with Crippen molar-refractivity contribution in [3.63, 3.8) is 0 Å². The molecule has 1 amide bonds. The Bertz CT molecular complexity index is 526. The average Bonchev–Trinajstić information content (AvgIpc) is 2.79. The largest absolute Gasteiger partial charge is 0.389 e. The number of aliphatic hydroxyl groups is 1. The third-order valence-electron chi connectivity index (χ3n) is 4.97. The number of carbonyl (C=O) groups excluding carboxylic acids is 1. The van der Waals surface area contributed by atoms with Crippen LogP contribution in [0.3, 0.4) is 0 Å². The van der Waals surface area contributed by atoms with Crippen LogP contribution < -0.4 is 0 Å². The average molecular weight is 318 g/mol. The van der Waals surface area contributed by atoms with Gasteiger partial charge in [-0.3, -0.25) is 9.69 Å². The van der Waals surface area contributed by atoms with E-state index in [1.54, 1.807) is 0 Å². The minimum atomic E-state index is -0.601. The van der Waals surface area contributed by atoms with E-state index in [1.807, 2.05) is 49.9 Å². The number of amides is 1. The summed E-state index contributed by atoms with van der Waals surface area (Å²) in [6.07, 6.45) is 2.50. The van der Waals surface area contributed by atoms with E-state index in [9.17, 15) is 9.90 Å².